The van der Waals surface area contributed by atoms with Crippen molar-refractivity contribution in [1.29, 1.82) is 0 Å². The molecule has 18 heavy (non-hydrogen) atoms. The maximum atomic E-state index is 4.45. The quantitative estimate of drug-likeness (QED) is 0.881. The third kappa shape index (κ3) is 4.03. The minimum Gasteiger partial charge on any atom is -0.313 e. The molecule has 1 N–H and O–H groups in total. The lowest BCUT2D eigenvalue weighted by Gasteiger charge is -2.23. The predicted octanol–water partition coefficient (Wildman–Crippen LogP) is 1.75. The number of aryl methyl sites for hydroxylation is 1. The van der Waals surface area contributed by atoms with Crippen LogP contribution in [-0.4, -0.2) is 40.5 Å². The zero-order valence-corrected chi connectivity index (χ0v) is 11.5. The Hall–Kier alpha value is -1.00. The highest BCUT2D eigenvalue weighted by molar-refractivity contribution is 5.00. The van der Waals surface area contributed by atoms with Gasteiger partial charge in [0.2, 0.25) is 0 Å². The molecule has 0 aliphatic carbocycles. The largest absolute Gasteiger partial charge is 0.313 e. The zero-order valence-electron chi connectivity index (χ0n) is 11.5. The number of hydrogen-bond donors (Lipinski definition) is 1. The normalized spacial score (nSPS) is 21.8. The van der Waals surface area contributed by atoms with Crippen LogP contribution in [0.2, 0.25) is 0 Å². The fourth-order valence-corrected chi connectivity index (χ4v) is 2.49. The smallest absolute Gasteiger partial charge is 0.0727 e. The van der Waals surface area contributed by atoms with Crippen LogP contribution < -0.4 is 5.32 Å². The van der Waals surface area contributed by atoms with Gasteiger partial charge >= 0.3 is 0 Å². The van der Waals surface area contributed by atoms with E-state index in [2.05, 4.69) is 27.1 Å². The fourth-order valence-electron chi connectivity index (χ4n) is 2.49. The number of nitrogens with one attached hydrogen (secondary N) is 1. The van der Waals surface area contributed by atoms with Crippen molar-refractivity contribution in [1.82, 2.24) is 20.2 Å². The van der Waals surface area contributed by atoms with Gasteiger partial charge in [-0.15, -0.1) is 0 Å². The first-order valence-electron chi connectivity index (χ1n) is 7.01. The molecule has 1 aliphatic heterocycles. The highest BCUT2D eigenvalue weighted by Crippen LogP contribution is 2.09. The second kappa shape index (κ2) is 6.81. The van der Waals surface area contributed by atoms with Gasteiger partial charge in [-0.2, -0.15) is 0 Å². The Kier molecular flexibility index (Phi) is 5.08. The van der Waals surface area contributed by atoms with Gasteiger partial charge in [0.1, 0.15) is 0 Å². The molecule has 0 amide bonds. The van der Waals surface area contributed by atoms with E-state index in [0.29, 0.717) is 6.04 Å². The lowest BCUT2D eigenvalue weighted by Crippen LogP contribution is -2.37. The summed E-state index contributed by atoms with van der Waals surface area (Å²) in [5.41, 5.74) is 2.07. The van der Waals surface area contributed by atoms with E-state index in [9.17, 15) is 0 Å². The van der Waals surface area contributed by atoms with Crippen LogP contribution in [0.3, 0.4) is 0 Å². The molecule has 1 fully saturated rings. The molecule has 1 unspecified atom stereocenters. The molecule has 1 saturated heterocycles. The number of hydrogen-bond acceptors (Lipinski definition) is 4. The molecule has 0 saturated carbocycles. The van der Waals surface area contributed by atoms with Gasteiger partial charge in [-0.3, -0.25) is 14.9 Å². The maximum Gasteiger partial charge on any atom is 0.0727 e. The van der Waals surface area contributed by atoms with Crippen molar-refractivity contribution in [2.75, 3.05) is 19.6 Å². The Morgan fingerprint density at radius 2 is 2.28 bits per heavy atom. The summed E-state index contributed by atoms with van der Waals surface area (Å²) in [6.07, 6.45) is 7.49. The molecule has 4 heteroatoms. The minimum absolute atomic E-state index is 0.635. The third-order valence-corrected chi connectivity index (χ3v) is 3.42. The van der Waals surface area contributed by atoms with Crippen LogP contribution in [0.1, 0.15) is 37.6 Å². The van der Waals surface area contributed by atoms with Crippen LogP contribution in [-0.2, 0) is 6.54 Å². The topological polar surface area (TPSA) is 41.1 Å². The van der Waals surface area contributed by atoms with Gasteiger partial charge in [0.25, 0.3) is 0 Å². The Morgan fingerprint density at radius 1 is 1.39 bits per heavy atom. The minimum atomic E-state index is 0.635. The van der Waals surface area contributed by atoms with Crippen LogP contribution >= 0.6 is 0 Å². The number of aromatic nitrogens is 2. The summed E-state index contributed by atoms with van der Waals surface area (Å²) in [6.45, 7) is 8.58. The lowest BCUT2D eigenvalue weighted by molar-refractivity contribution is 0.251. The van der Waals surface area contributed by atoms with Crippen LogP contribution in [0.15, 0.2) is 12.4 Å². The Morgan fingerprint density at radius 3 is 3.00 bits per heavy atom. The van der Waals surface area contributed by atoms with Crippen LogP contribution in [0, 0.1) is 6.92 Å². The summed E-state index contributed by atoms with van der Waals surface area (Å²) in [4.78, 5) is 11.3. The van der Waals surface area contributed by atoms with Gasteiger partial charge in [0, 0.05) is 31.5 Å². The van der Waals surface area contributed by atoms with Crippen molar-refractivity contribution in [2.24, 2.45) is 0 Å². The fraction of sp³-hybridized carbons (Fsp3) is 0.714. The van der Waals surface area contributed by atoms with Gasteiger partial charge in [-0.1, -0.05) is 13.3 Å². The van der Waals surface area contributed by atoms with E-state index in [4.69, 9.17) is 0 Å². The van der Waals surface area contributed by atoms with Crippen molar-refractivity contribution in [3.63, 3.8) is 0 Å². The second-order valence-electron chi connectivity index (χ2n) is 5.18. The Labute approximate surface area is 110 Å². The third-order valence-electron chi connectivity index (χ3n) is 3.42. The van der Waals surface area contributed by atoms with Crippen LogP contribution in [0.25, 0.3) is 0 Å². The molecule has 100 valence electrons. The van der Waals surface area contributed by atoms with E-state index >= 15 is 0 Å². The van der Waals surface area contributed by atoms with Gasteiger partial charge < -0.3 is 5.32 Å². The average molecular weight is 248 g/mol. The summed E-state index contributed by atoms with van der Waals surface area (Å²) in [7, 11) is 0. The van der Waals surface area contributed by atoms with Crippen molar-refractivity contribution < 1.29 is 0 Å². The van der Waals surface area contributed by atoms with Crippen molar-refractivity contribution in [3.05, 3.63) is 23.8 Å². The van der Waals surface area contributed by atoms with Crippen molar-refractivity contribution in [3.8, 4) is 0 Å². The van der Waals surface area contributed by atoms with E-state index in [1.807, 2.05) is 19.3 Å². The molecular formula is C14H24N4. The molecule has 1 aromatic rings. The zero-order chi connectivity index (χ0) is 12.8. The first-order valence-corrected chi connectivity index (χ1v) is 7.01. The van der Waals surface area contributed by atoms with Gasteiger partial charge in [-0.25, -0.2) is 0 Å². The molecular weight excluding hydrogens is 224 g/mol. The van der Waals surface area contributed by atoms with Crippen LogP contribution in [0.4, 0.5) is 0 Å². The molecule has 1 aromatic heterocycles. The lowest BCUT2D eigenvalue weighted by atomic mass is 10.1. The van der Waals surface area contributed by atoms with E-state index in [1.54, 1.807) is 0 Å². The molecule has 0 bridgehead atoms. The number of rotatable bonds is 4. The highest BCUT2D eigenvalue weighted by Gasteiger charge is 2.17. The maximum absolute atomic E-state index is 4.45. The summed E-state index contributed by atoms with van der Waals surface area (Å²) in [6, 6.07) is 0.635. The van der Waals surface area contributed by atoms with E-state index in [0.717, 1.165) is 37.6 Å². The first kappa shape index (κ1) is 13.4. The molecule has 1 aliphatic rings. The van der Waals surface area contributed by atoms with Crippen LogP contribution in [0.5, 0.6) is 0 Å². The SMILES string of the molecule is CCCC1CN(Cc2cnc(C)cn2)CCCN1. The Bertz CT molecular complexity index is 349. The second-order valence-corrected chi connectivity index (χ2v) is 5.18. The number of nitrogens with zero attached hydrogens (tertiary/aromatic N) is 3. The Balaban J connectivity index is 1.92. The molecule has 0 spiro atoms. The van der Waals surface area contributed by atoms with Gasteiger partial charge in [0.05, 0.1) is 11.4 Å². The van der Waals surface area contributed by atoms with Gasteiger partial charge in [0.15, 0.2) is 0 Å². The summed E-state index contributed by atoms with van der Waals surface area (Å²) >= 11 is 0. The van der Waals surface area contributed by atoms with Crippen molar-refractivity contribution >= 4 is 0 Å². The van der Waals surface area contributed by atoms with Gasteiger partial charge in [-0.05, 0) is 32.9 Å². The summed E-state index contributed by atoms with van der Waals surface area (Å²) < 4.78 is 0. The van der Waals surface area contributed by atoms with Crippen molar-refractivity contribution in [2.45, 2.75) is 45.7 Å². The molecule has 0 aromatic carbocycles. The molecule has 1 atom stereocenters. The predicted molar refractivity (Wildman–Crippen MR) is 73.4 cm³/mol. The highest BCUT2D eigenvalue weighted by atomic mass is 15.2. The summed E-state index contributed by atoms with van der Waals surface area (Å²) in [5.74, 6) is 0. The molecule has 0 radical (unpaired) electrons. The molecule has 4 nitrogen and oxygen atoms in total. The first-order chi connectivity index (χ1) is 8.78. The molecule has 2 rings (SSSR count). The monoisotopic (exact) mass is 248 g/mol. The van der Waals surface area contributed by atoms with E-state index < -0.39 is 0 Å². The standard InChI is InChI=1S/C14H24N4/c1-3-5-13-10-18(7-4-6-15-13)11-14-9-16-12(2)8-17-14/h8-9,13,15H,3-7,10-11H2,1-2H3. The van der Waals surface area contributed by atoms with E-state index in [-0.39, 0.29) is 0 Å². The van der Waals surface area contributed by atoms with E-state index in [1.165, 1.54) is 19.3 Å². The average Bonchev–Trinajstić information content (AvgIpc) is 2.58. The summed E-state index contributed by atoms with van der Waals surface area (Å²) in [5, 5.41) is 3.63. The molecule has 2 heterocycles.